The van der Waals surface area contributed by atoms with Crippen LogP contribution in [-0.2, 0) is 6.42 Å². The zero-order valence-electron chi connectivity index (χ0n) is 15.5. The summed E-state index contributed by atoms with van der Waals surface area (Å²) in [6.07, 6.45) is 9.00. The third kappa shape index (κ3) is 4.78. The van der Waals surface area contributed by atoms with Crippen LogP contribution in [0.25, 0.3) is 16.6 Å². The second-order valence-electron chi connectivity index (χ2n) is 6.92. The molecule has 3 aromatic rings. The Hall–Kier alpha value is -2.03. The van der Waals surface area contributed by atoms with Crippen molar-refractivity contribution in [3.05, 3.63) is 78.0 Å². The highest BCUT2D eigenvalue weighted by Crippen LogP contribution is 2.23. The molecule has 0 aliphatic carbocycles. The van der Waals surface area contributed by atoms with Crippen LogP contribution in [0.5, 0.6) is 0 Å². The lowest BCUT2D eigenvalue weighted by Crippen LogP contribution is -2.19. The summed E-state index contributed by atoms with van der Waals surface area (Å²) >= 11 is 6.00. The summed E-state index contributed by atoms with van der Waals surface area (Å²) in [5.41, 5.74) is 3.80. The van der Waals surface area contributed by atoms with Crippen molar-refractivity contribution in [3.8, 4) is 5.69 Å². The molecule has 0 aliphatic rings. The fourth-order valence-corrected chi connectivity index (χ4v) is 3.50. The van der Waals surface area contributed by atoms with Gasteiger partial charge in [0.1, 0.15) is 0 Å². The molecule has 0 spiro atoms. The van der Waals surface area contributed by atoms with E-state index in [2.05, 4.69) is 65.7 Å². The minimum Gasteiger partial charge on any atom is -0.317 e. The highest BCUT2D eigenvalue weighted by Gasteiger charge is 2.05. The number of halogens is 1. The Bertz CT molecular complexity index is 848. The molecule has 0 aliphatic heterocycles. The Morgan fingerprint density at radius 1 is 1.04 bits per heavy atom. The number of unbranched alkanes of at least 4 members (excludes halogenated alkanes) is 2. The molecule has 0 N–H and O–H groups in total. The van der Waals surface area contributed by atoms with Crippen LogP contribution in [0.1, 0.15) is 24.8 Å². The van der Waals surface area contributed by atoms with Gasteiger partial charge in [0.15, 0.2) is 0 Å². The molecule has 0 saturated carbocycles. The van der Waals surface area contributed by atoms with Gasteiger partial charge in [-0.05, 0) is 80.9 Å². The van der Waals surface area contributed by atoms with Gasteiger partial charge in [0, 0.05) is 28.8 Å². The van der Waals surface area contributed by atoms with Crippen LogP contribution in [0.3, 0.4) is 0 Å². The van der Waals surface area contributed by atoms with Crippen molar-refractivity contribution in [2.45, 2.75) is 25.7 Å². The Balaban J connectivity index is 1.58. The number of benzene rings is 2. The maximum absolute atomic E-state index is 6.00. The van der Waals surface area contributed by atoms with Gasteiger partial charge in [-0.25, -0.2) is 0 Å². The fraction of sp³-hybridized carbons (Fsp3) is 0.304. The quantitative estimate of drug-likeness (QED) is 0.327. The van der Waals surface area contributed by atoms with E-state index in [1.54, 1.807) is 0 Å². The van der Waals surface area contributed by atoms with Gasteiger partial charge in [0.05, 0.1) is 5.52 Å². The molecular formula is C23H27ClN2. The third-order valence-electron chi connectivity index (χ3n) is 4.81. The molecular weight excluding hydrogens is 340 g/mol. The molecule has 2 aromatic carbocycles. The summed E-state index contributed by atoms with van der Waals surface area (Å²) in [5.74, 6) is 0. The van der Waals surface area contributed by atoms with Crippen molar-refractivity contribution < 1.29 is 0 Å². The number of nitrogens with zero attached hydrogens (tertiary/aromatic N) is 2. The summed E-state index contributed by atoms with van der Waals surface area (Å²) in [7, 11) is 2.15. The van der Waals surface area contributed by atoms with E-state index in [-0.39, 0.29) is 0 Å². The first kappa shape index (κ1) is 18.8. The molecule has 3 heteroatoms. The van der Waals surface area contributed by atoms with E-state index in [0.29, 0.717) is 0 Å². The fourth-order valence-electron chi connectivity index (χ4n) is 3.37. The van der Waals surface area contributed by atoms with Crippen molar-refractivity contribution in [2.24, 2.45) is 0 Å². The first-order valence-electron chi connectivity index (χ1n) is 9.33. The van der Waals surface area contributed by atoms with Crippen LogP contribution in [0, 0.1) is 0 Å². The van der Waals surface area contributed by atoms with Gasteiger partial charge >= 0.3 is 0 Å². The van der Waals surface area contributed by atoms with Gasteiger partial charge in [-0.2, -0.15) is 0 Å². The van der Waals surface area contributed by atoms with E-state index in [9.17, 15) is 0 Å². The summed E-state index contributed by atoms with van der Waals surface area (Å²) in [5, 5.41) is 2.06. The molecule has 0 atom stereocenters. The van der Waals surface area contributed by atoms with E-state index >= 15 is 0 Å². The Morgan fingerprint density at radius 3 is 2.62 bits per heavy atom. The van der Waals surface area contributed by atoms with Crippen molar-refractivity contribution in [3.63, 3.8) is 0 Å². The van der Waals surface area contributed by atoms with Crippen molar-refractivity contribution in [2.75, 3.05) is 20.1 Å². The van der Waals surface area contributed by atoms with E-state index in [4.69, 9.17) is 11.6 Å². The lowest BCUT2D eigenvalue weighted by Gasteiger charge is -2.13. The number of rotatable bonds is 9. The Kier molecular flexibility index (Phi) is 6.54. The standard InChI is InChI=1S/C23H27ClN2/c1-3-15-25(2)16-6-4-5-7-19-8-13-23-20(18-19)14-17-26(23)22-11-9-21(24)10-12-22/h3,8-14,17-18H,1,4-7,15-16H2,2H3. The van der Waals surface area contributed by atoms with Crippen molar-refractivity contribution in [1.29, 1.82) is 0 Å². The van der Waals surface area contributed by atoms with Crippen molar-refractivity contribution >= 4 is 22.5 Å². The van der Waals surface area contributed by atoms with Crippen LogP contribution >= 0.6 is 11.6 Å². The monoisotopic (exact) mass is 366 g/mol. The normalized spacial score (nSPS) is 11.3. The number of aryl methyl sites for hydroxylation is 1. The summed E-state index contributed by atoms with van der Waals surface area (Å²) in [6.45, 7) is 5.91. The van der Waals surface area contributed by atoms with Crippen molar-refractivity contribution in [1.82, 2.24) is 9.47 Å². The average Bonchev–Trinajstić information content (AvgIpc) is 3.05. The molecule has 0 bridgehead atoms. The van der Waals surface area contributed by atoms with Crippen LogP contribution < -0.4 is 0 Å². The number of hydrogen-bond donors (Lipinski definition) is 0. The zero-order valence-corrected chi connectivity index (χ0v) is 16.3. The first-order valence-corrected chi connectivity index (χ1v) is 9.70. The number of aromatic nitrogens is 1. The van der Waals surface area contributed by atoms with Gasteiger partial charge in [0.2, 0.25) is 0 Å². The van der Waals surface area contributed by atoms with Crippen LogP contribution in [0.2, 0.25) is 5.02 Å². The largest absolute Gasteiger partial charge is 0.317 e. The molecule has 0 fully saturated rings. The van der Waals surface area contributed by atoms with E-state index in [1.165, 1.54) is 35.7 Å². The van der Waals surface area contributed by atoms with Crippen LogP contribution in [-0.4, -0.2) is 29.6 Å². The van der Waals surface area contributed by atoms with Gasteiger partial charge in [0.25, 0.3) is 0 Å². The molecule has 0 unspecified atom stereocenters. The smallest absolute Gasteiger partial charge is 0.0528 e. The summed E-state index contributed by atoms with van der Waals surface area (Å²) in [4.78, 5) is 2.32. The average molecular weight is 367 g/mol. The van der Waals surface area contributed by atoms with Gasteiger partial charge in [-0.1, -0.05) is 30.2 Å². The van der Waals surface area contributed by atoms with Gasteiger partial charge in [-0.3, -0.25) is 0 Å². The molecule has 26 heavy (non-hydrogen) atoms. The molecule has 1 heterocycles. The highest BCUT2D eigenvalue weighted by atomic mass is 35.5. The predicted molar refractivity (Wildman–Crippen MR) is 114 cm³/mol. The molecule has 3 rings (SSSR count). The number of hydrogen-bond acceptors (Lipinski definition) is 1. The van der Waals surface area contributed by atoms with E-state index < -0.39 is 0 Å². The van der Waals surface area contributed by atoms with Crippen LogP contribution in [0.4, 0.5) is 0 Å². The minimum absolute atomic E-state index is 0.767. The van der Waals surface area contributed by atoms with Gasteiger partial charge in [-0.15, -0.1) is 6.58 Å². The maximum atomic E-state index is 6.00. The summed E-state index contributed by atoms with van der Waals surface area (Å²) in [6, 6.07) is 17.0. The first-order chi connectivity index (χ1) is 12.7. The molecule has 136 valence electrons. The number of fused-ring (bicyclic) bond motifs is 1. The maximum Gasteiger partial charge on any atom is 0.0528 e. The zero-order chi connectivity index (χ0) is 18.4. The lowest BCUT2D eigenvalue weighted by atomic mass is 10.1. The lowest BCUT2D eigenvalue weighted by molar-refractivity contribution is 0.358. The van der Waals surface area contributed by atoms with E-state index in [0.717, 1.165) is 30.2 Å². The minimum atomic E-state index is 0.767. The van der Waals surface area contributed by atoms with E-state index in [1.807, 2.05) is 18.2 Å². The Morgan fingerprint density at radius 2 is 1.85 bits per heavy atom. The molecule has 1 aromatic heterocycles. The SMILES string of the molecule is C=CCN(C)CCCCCc1ccc2c(ccn2-c2ccc(Cl)cc2)c1. The second kappa shape index (κ2) is 9.07. The van der Waals surface area contributed by atoms with Gasteiger partial charge < -0.3 is 9.47 Å². The summed E-state index contributed by atoms with van der Waals surface area (Å²) < 4.78 is 2.21. The molecule has 0 amide bonds. The second-order valence-corrected chi connectivity index (χ2v) is 7.35. The molecule has 0 saturated heterocycles. The third-order valence-corrected chi connectivity index (χ3v) is 5.06. The number of likely N-dealkylation sites (N-methyl/N-ethyl adjacent to an activating group) is 1. The topological polar surface area (TPSA) is 8.17 Å². The highest BCUT2D eigenvalue weighted by molar-refractivity contribution is 6.30. The van der Waals surface area contributed by atoms with Crippen LogP contribution in [0.15, 0.2) is 67.4 Å². The predicted octanol–water partition coefficient (Wildman–Crippen LogP) is 6.11. The molecule has 2 nitrogen and oxygen atoms in total. The molecule has 0 radical (unpaired) electrons. The Labute approximate surface area is 161 Å².